The molecular weight excluding hydrogens is 813 g/mol. The van der Waals surface area contributed by atoms with E-state index < -0.39 is 14.9 Å². The number of carbonyl (C=O) groups excluding carboxylic acids is 1. The average molecular weight is 871 g/mol. The fourth-order valence-corrected chi connectivity index (χ4v) is 8.54. The second kappa shape index (κ2) is 19.7. The molecule has 6 rings (SSSR count). The highest BCUT2D eigenvalue weighted by molar-refractivity contribution is 7.89. The van der Waals surface area contributed by atoms with Gasteiger partial charge < -0.3 is 31.8 Å². The molecule has 0 unspecified atom stereocenters. The van der Waals surface area contributed by atoms with Crippen molar-refractivity contribution in [2.75, 3.05) is 33.3 Å². The van der Waals surface area contributed by atoms with Crippen molar-refractivity contribution < 1.29 is 22.9 Å². The SMILES string of the molecule is CC(C)(C)c1cc2cn(-c3ccc(C(=O)NCCCN=C(N)N)cc3)c(=O)nc2[nH]1.COc1ccc(CN(C2CCNCC2)S(=O)(=O)c2ccc(C(C)(C)C)cc2)cc1[N+](=O)[O-]. The number of carbonyl (C=O) groups is 1. The van der Waals surface area contributed by atoms with Crippen molar-refractivity contribution in [3.05, 3.63) is 122 Å². The Bertz CT molecular complexity index is 2550. The summed E-state index contributed by atoms with van der Waals surface area (Å²) in [5.74, 6) is -0.0190. The van der Waals surface area contributed by atoms with Crippen LogP contribution in [-0.4, -0.2) is 83.4 Å². The van der Waals surface area contributed by atoms with Crippen LogP contribution in [0.15, 0.2) is 93.7 Å². The molecule has 1 fully saturated rings. The maximum atomic E-state index is 13.7. The van der Waals surface area contributed by atoms with Crippen molar-refractivity contribution in [2.45, 2.75) is 89.1 Å². The summed E-state index contributed by atoms with van der Waals surface area (Å²) in [4.78, 5) is 47.1. The number of nitro groups is 1. The number of benzene rings is 3. The molecule has 1 saturated heterocycles. The first-order valence-corrected chi connectivity index (χ1v) is 21.8. The predicted molar refractivity (Wildman–Crippen MR) is 241 cm³/mol. The largest absolute Gasteiger partial charge is 0.490 e. The number of hydrogen-bond acceptors (Lipinski definition) is 10. The molecule has 0 atom stereocenters. The molecule has 1 aliphatic rings. The minimum absolute atomic E-state index is 0.0362. The van der Waals surface area contributed by atoms with Gasteiger partial charge in [0, 0.05) is 60.0 Å². The summed E-state index contributed by atoms with van der Waals surface area (Å²) in [5, 5.41) is 18.4. The van der Waals surface area contributed by atoms with Gasteiger partial charge in [-0.1, -0.05) is 59.7 Å². The van der Waals surface area contributed by atoms with Crippen LogP contribution < -0.4 is 32.5 Å². The van der Waals surface area contributed by atoms with Crippen molar-refractivity contribution in [2.24, 2.45) is 16.5 Å². The van der Waals surface area contributed by atoms with Crippen molar-refractivity contribution in [1.82, 2.24) is 29.5 Å². The molecule has 3 aromatic carbocycles. The lowest BCUT2D eigenvalue weighted by Crippen LogP contribution is -2.45. The van der Waals surface area contributed by atoms with E-state index in [1.165, 1.54) is 28.1 Å². The smallest absolute Gasteiger partial charge is 0.354 e. The average Bonchev–Trinajstić information content (AvgIpc) is 3.66. The van der Waals surface area contributed by atoms with E-state index in [1.54, 1.807) is 48.7 Å². The van der Waals surface area contributed by atoms with Gasteiger partial charge in [0.1, 0.15) is 5.65 Å². The second-order valence-electron chi connectivity index (χ2n) is 17.2. The van der Waals surface area contributed by atoms with Crippen LogP contribution in [0.4, 0.5) is 5.69 Å². The summed E-state index contributed by atoms with van der Waals surface area (Å²) < 4.78 is 35.4. The Morgan fingerprint density at radius 2 is 1.66 bits per heavy atom. The number of aromatic nitrogens is 3. The van der Waals surface area contributed by atoms with Crippen LogP contribution in [0.2, 0.25) is 0 Å². The zero-order valence-corrected chi connectivity index (χ0v) is 37.2. The topological polar surface area (TPSA) is 246 Å². The van der Waals surface area contributed by atoms with Gasteiger partial charge >= 0.3 is 11.4 Å². The first-order chi connectivity index (χ1) is 29.2. The van der Waals surface area contributed by atoms with Crippen LogP contribution in [0.5, 0.6) is 5.75 Å². The summed E-state index contributed by atoms with van der Waals surface area (Å²) in [5.41, 5.74) is 14.1. The van der Waals surface area contributed by atoms with E-state index in [0.29, 0.717) is 54.8 Å². The second-order valence-corrected chi connectivity index (χ2v) is 19.1. The molecule has 0 saturated carbocycles. The molecule has 0 aliphatic carbocycles. The number of fused-ring (bicyclic) bond motifs is 1. The Morgan fingerprint density at radius 1 is 1.00 bits per heavy atom. The quantitative estimate of drug-likeness (QED) is 0.0336. The van der Waals surface area contributed by atoms with Crippen LogP contribution in [0.1, 0.15) is 88.0 Å². The minimum Gasteiger partial charge on any atom is -0.490 e. The van der Waals surface area contributed by atoms with Crippen LogP contribution >= 0.6 is 0 Å². The summed E-state index contributed by atoms with van der Waals surface area (Å²) in [7, 11) is -2.44. The number of hydrogen-bond donors (Lipinski definition) is 5. The van der Waals surface area contributed by atoms with Gasteiger partial charge in [0.15, 0.2) is 11.7 Å². The maximum Gasteiger partial charge on any atom is 0.354 e. The highest BCUT2D eigenvalue weighted by atomic mass is 32.2. The van der Waals surface area contributed by atoms with Gasteiger partial charge in [0.2, 0.25) is 10.0 Å². The van der Waals surface area contributed by atoms with Gasteiger partial charge in [-0.2, -0.15) is 9.29 Å². The molecule has 17 nitrogen and oxygen atoms in total. The number of nitrogens with one attached hydrogen (secondary N) is 3. The van der Waals surface area contributed by atoms with Crippen molar-refractivity contribution in [3.8, 4) is 11.4 Å². The van der Waals surface area contributed by atoms with Crippen LogP contribution in [0.25, 0.3) is 16.7 Å². The number of aromatic amines is 1. The first kappa shape index (κ1) is 46.9. The van der Waals surface area contributed by atoms with E-state index in [0.717, 1.165) is 29.7 Å². The van der Waals surface area contributed by atoms with Gasteiger partial charge in [-0.15, -0.1) is 0 Å². The highest BCUT2D eigenvalue weighted by Gasteiger charge is 2.33. The molecule has 0 radical (unpaired) electrons. The number of piperidine rings is 1. The van der Waals surface area contributed by atoms with E-state index >= 15 is 0 Å². The monoisotopic (exact) mass is 870 g/mol. The van der Waals surface area contributed by atoms with Crippen LogP contribution in [0, 0.1) is 10.1 Å². The van der Waals surface area contributed by atoms with Gasteiger partial charge in [0.05, 0.1) is 22.6 Å². The van der Waals surface area contributed by atoms with Crippen molar-refractivity contribution in [3.63, 3.8) is 0 Å². The van der Waals surface area contributed by atoms with Crippen molar-refractivity contribution in [1.29, 1.82) is 0 Å². The summed E-state index contributed by atoms with van der Waals surface area (Å²) in [6.07, 6.45) is 3.75. The molecule has 1 amide bonds. The number of nitrogens with two attached hydrogens (primary N) is 2. The molecule has 1 aliphatic heterocycles. The number of nitro benzene ring substituents is 1. The predicted octanol–water partition coefficient (Wildman–Crippen LogP) is 5.25. The van der Waals surface area contributed by atoms with E-state index in [4.69, 9.17) is 16.2 Å². The Kier molecular flexibility index (Phi) is 14.9. The third kappa shape index (κ3) is 11.8. The minimum atomic E-state index is -3.81. The van der Waals surface area contributed by atoms with Crippen LogP contribution in [-0.2, 0) is 27.4 Å². The summed E-state index contributed by atoms with van der Waals surface area (Å²) in [6, 6.07) is 20.2. The van der Waals surface area contributed by atoms with Crippen LogP contribution in [0.3, 0.4) is 0 Å². The van der Waals surface area contributed by atoms with Gasteiger partial charge in [0.25, 0.3) is 5.91 Å². The first-order valence-electron chi connectivity index (χ1n) is 20.4. The highest BCUT2D eigenvalue weighted by Crippen LogP contribution is 2.32. The van der Waals surface area contributed by atoms with Gasteiger partial charge in [-0.25, -0.2) is 13.2 Å². The molecule has 62 heavy (non-hydrogen) atoms. The Balaban J connectivity index is 0.000000235. The van der Waals surface area contributed by atoms with E-state index in [9.17, 15) is 28.1 Å². The normalized spacial score (nSPS) is 13.6. The number of nitrogens with zero attached hydrogens (tertiary/aromatic N) is 5. The molecule has 5 aromatic rings. The number of sulfonamides is 1. The molecular formula is C44H58N10O7S. The lowest BCUT2D eigenvalue weighted by atomic mass is 9.87. The molecule has 0 bridgehead atoms. The van der Waals surface area contributed by atoms with Crippen molar-refractivity contribution >= 4 is 38.6 Å². The Labute approximate surface area is 362 Å². The lowest BCUT2D eigenvalue weighted by Gasteiger charge is -2.34. The van der Waals surface area contributed by atoms with E-state index in [1.807, 2.05) is 18.2 Å². The molecule has 332 valence electrons. The number of rotatable bonds is 13. The van der Waals surface area contributed by atoms with Gasteiger partial charge in [-0.05, 0) is 97.4 Å². The third-order valence-electron chi connectivity index (χ3n) is 10.5. The number of H-pyrrole nitrogens is 1. The standard InChI is InChI=1S/C23H31N3O5S.C21H27N7O2/c1-23(2,3)18-6-8-20(9-7-18)32(29,30)25(19-11-13-24-14-12-19)16-17-5-10-22(31-4)21(15-17)26(27)28;1-21(2,3)16-11-14-12-28(20(30)27-17(14)26-16)15-7-5-13(6-8-15)18(29)24-9-4-10-25-19(22)23/h5-10,15,19,24H,11-14,16H2,1-4H3;5-8,11-12H,4,9-10H2,1-3H3,(H,24,29)(H4,22,23,25)(H,26,27,30). The van der Waals surface area contributed by atoms with Gasteiger partial charge in [-0.3, -0.25) is 24.5 Å². The molecule has 0 spiro atoms. The molecule has 18 heteroatoms. The zero-order valence-electron chi connectivity index (χ0n) is 36.4. The third-order valence-corrected chi connectivity index (χ3v) is 12.4. The number of amides is 1. The molecule has 2 aromatic heterocycles. The summed E-state index contributed by atoms with van der Waals surface area (Å²) >= 11 is 0. The molecule has 3 heterocycles. The summed E-state index contributed by atoms with van der Waals surface area (Å²) in [6.45, 7) is 14.9. The number of aliphatic imine (C=N–C) groups is 1. The number of guanidine groups is 1. The van der Waals surface area contributed by atoms with E-state index in [2.05, 4.69) is 67.1 Å². The molecule has 7 N–H and O–H groups in total. The Hall–Kier alpha value is -6.11. The van der Waals surface area contributed by atoms with E-state index in [-0.39, 0.29) is 57.3 Å². The fraction of sp³-hybridized carbons (Fsp3) is 0.409. The number of ether oxygens (including phenoxy) is 1. The lowest BCUT2D eigenvalue weighted by molar-refractivity contribution is -0.385. The number of methoxy groups -OCH3 is 1. The Morgan fingerprint density at radius 3 is 2.24 bits per heavy atom. The fourth-order valence-electron chi connectivity index (χ4n) is 6.87. The maximum absolute atomic E-state index is 13.7. The zero-order chi connectivity index (χ0) is 45.4.